The number of unbranched alkanes of at least 4 members (excludes halogenated alkanes) is 1. The molecule has 0 atom stereocenters. The first-order chi connectivity index (χ1) is 11.1. The normalized spacial score (nSPS) is 12.0. The van der Waals surface area contributed by atoms with Crippen molar-refractivity contribution < 1.29 is 8.42 Å². The van der Waals surface area contributed by atoms with Crippen LogP contribution in [0.4, 0.5) is 5.69 Å². The van der Waals surface area contributed by atoms with Gasteiger partial charge >= 0.3 is 0 Å². The van der Waals surface area contributed by atoms with E-state index < -0.39 is 10.0 Å². The molecule has 0 radical (unpaired) electrons. The smallest absolute Gasteiger partial charge is 0.264 e. The van der Waals surface area contributed by atoms with E-state index in [9.17, 15) is 8.42 Å². The van der Waals surface area contributed by atoms with E-state index in [1.807, 2.05) is 30.3 Å². The zero-order valence-electron chi connectivity index (χ0n) is 13.1. The van der Waals surface area contributed by atoms with Crippen LogP contribution in [0.1, 0.15) is 19.8 Å². The average molecular weight is 331 g/mol. The Morgan fingerprint density at radius 2 is 1.61 bits per heavy atom. The molecule has 23 heavy (non-hydrogen) atoms. The lowest BCUT2D eigenvalue weighted by atomic mass is 10.3. The molecule has 0 aromatic heterocycles. The number of benzene rings is 2. The molecule has 0 bridgehead atoms. The predicted octanol–water partition coefficient (Wildman–Crippen LogP) is 3.23. The summed E-state index contributed by atoms with van der Waals surface area (Å²) < 4.78 is 27.4. The van der Waals surface area contributed by atoms with Crippen molar-refractivity contribution in [1.29, 1.82) is 0 Å². The number of rotatable bonds is 6. The SMILES string of the molecule is CCCCN=C(Nc1ccccc1)NS(=O)(=O)c1ccccc1. The zero-order chi connectivity index (χ0) is 16.5. The first-order valence-electron chi connectivity index (χ1n) is 7.56. The highest BCUT2D eigenvalue weighted by Crippen LogP contribution is 2.09. The van der Waals surface area contributed by atoms with Gasteiger partial charge in [-0.2, -0.15) is 0 Å². The second-order valence-corrected chi connectivity index (χ2v) is 6.68. The molecule has 0 aliphatic carbocycles. The van der Waals surface area contributed by atoms with Crippen molar-refractivity contribution >= 4 is 21.7 Å². The number of guanidine groups is 1. The van der Waals surface area contributed by atoms with E-state index in [1.165, 1.54) is 0 Å². The Balaban J connectivity index is 2.19. The van der Waals surface area contributed by atoms with Gasteiger partial charge in [0.15, 0.2) is 0 Å². The van der Waals surface area contributed by atoms with Crippen molar-refractivity contribution in [1.82, 2.24) is 4.72 Å². The van der Waals surface area contributed by atoms with E-state index in [2.05, 4.69) is 22.0 Å². The third-order valence-electron chi connectivity index (χ3n) is 3.10. The number of aliphatic imine (C=N–C) groups is 1. The lowest BCUT2D eigenvalue weighted by molar-refractivity contribution is 0.592. The highest BCUT2D eigenvalue weighted by atomic mass is 32.2. The molecule has 2 rings (SSSR count). The predicted molar refractivity (Wildman–Crippen MR) is 94.0 cm³/mol. The number of nitrogens with zero attached hydrogens (tertiary/aromatic N) is 1. The van der Waals surface area contributed by atoms with Crippen LogP contribution in [0.15, 0.2) is 70.6 Å². The van der Waals surface area contributed by atoms with E-state index in [4.69, 9.17) is 0 Å². The van der Waals surface area contributed by atoms with E-state index >= 15 is 0 Å². The van der Waals surface area contributed by atoms with Gasteiger partial charge < -0.3 is 5.32 Å². The monoisotopic (exact) mass is 331 g/mol. The molecule has 5 nitrogen and oxygen atoms in total. The van der Waals surface area contributed by atoms with Gasteiger partial charge in [0.2, 0.25) is 5.96 Å². The van der Waals surface area contributed by atoms with Gasteiger partial charge in [-0.1, -0.05) is 49.7 Å². The van der Waals surface area contributed by atoms with Crippen LogP contribution in [0.25, 0.3) is 0 Å². The van der Waals surface area contributed by atoms with Crippen molar-refractivity contribution in [2.45, 2.75) is 24.7 Å². The largest absolute Gasteiger partial charge is 0.326 e. The van der Waals surface area contributed by atoms with Gasteiger partial charge in [0.25, 0.3) is 10.0 Å². The molecule has 0 saturated carbocycles. The lowest BCUT2D eigenvalue weighted by Crippen LogP contribution is -2.36. The van der Waals surface area contributed by atoms with Crippen molar-refractivity contribution in [2.24, 2.45) is 4.99 Å². The Morgan fingerprint density at radius 1 is 1.00 bits per heavy atom. The van der Waals surface area contributed by atoms with E-state index in [1.54, 1.807) is 30.3 Å². The van der Waals surface area contributed by atoms with Crippen LogP contribution in [0, 0.1) is 0 Å². The topological polar surface area (TPSA) is 70.6 Å². The minimum absolute atomic E-state index is 0.207. The molecular formula is C17H21N3O2S. The molecule has 0 amide bonds. The minimum Gasteiger partial charge on any atom is -0.326 e. The summed E-state index contributed by atoms with van der Waals surface area (Å²) >= 11 is 0. The average Bonchev–Trinajstić information content (AvgIpc) is 2.56. The summed E-state index contributed by atoms with van der Waals surface area (Å²) in [5, 5.41) is 3.02. The number of nitrogens with one attached hydrogen (secondary N) is 2. The van der Waals surface area contributed by atoms with Gasteiger partial charge in [-0.15, -0.1) is 0 Å². The van der Waals surface area contributed by atoms with Crippen LogP contribution >= 0.6 is 0 Å². The van der Waals surface area contributed by atoms with Gasteiger partial charge in [0.05, 0.1) is 4.90 Å². The summed E-state index contributed by atoms with van der Waals surface area (Å²) in [5.74, 6) is 0.230. The molecule has 2 aromatic rings. The van der Waals surface area contributed by atoms with Crippen LogP contribution in [-0.2, 0) is 10.0 Å². The molecule has 6 heteroatoms. The highest BCUT2D eigenvalue weighted by Gasteiger charge is 2.15. The molecular weight excluding hydrogens is 310 g/mol. The van der Waals surface area contributed by atoms with E-state index in [-0.39, 0.29) is 10.9 Å². The molecule has 0 fully saturated rings. The van der Waals surface area contributed by atoms with Gasteiger partial charge in [0, 0.05) is 12.2 Å². The second-order valence-electron chi connectivity index (χ2n) is 4.99. The summed E-state index contributed by atoms with van der Waals surface area (Å²) in [5.41, 5.74) is 0.776. The van der Waals surface area contributed by atoms with Crippen molar-refractivity contribution in [3.05, 3.63) is 60.7 Å². The molecule has 2 N–H and O–H groups in total. The number of hydrogen-bond donors (Lipinski definition) is 2. The Morgan fingerprint density at radius 3 is 2.22 bits per heavy atom. The maximum atomic E-state index is 12.4. The number of sulfonamides is 1. The van der Waals surface area contributed by atoms with Gasteiger partial charge in [-0.25, -0.2) is 13.1 Å². The van der Waals surface area contributed by atoms with Gasteiger partial charge in [0.1, 0.15) is 0 Å². The van der Waals surface area contributed by atoms with Crippen molar-refractivity contribution in [3.63, 3.8) is 0 Å². The molecule has 122 valence electrons. The van der Waals surface area contributed by atoms with Crippen molar-refractivity contribution in [2.75, 3.05) is 11.9 Å². The van der Waals surface area contributed by atoms with E-state index in [0.29, 0.717) is 6.54 Å². The molecule has 0 aliphatic rings. The highest BCUT2D eigenvalue weighted by molar-refractivity contribution is 7.90. The Bertz CT molecular complexity index is 729. The summed E-state index contributed by atoms with van der Waals surface area (Å²) in [6.07, 6.45) is 1.89. The molecule has 2 aromatic carbocycles. The fraction of sp³-hybridized carbons (Fsp3) is 0.235. The third kappa shape index (κ3) is 5.41. The Labute approximate surface area is 137 Å². The maximum absolute atomic E-state index is 12.4. The first-order valence-corrected chi connectivity index (χ1v) is 9.04. The zero-order valence-corrected chi connectivity index (χ0v) is 13.9. The Kier molecular flexibility index (Phi) is 6.17. The standard InChI is InChI=1S/C17H21N3O2S/c1-2-3-14-18-17(19-15-10-6-4-7-11-15)20-23(21,22)16-12-8-5-9-13-16/h4-13H,2-3,14H2,1H3,(H2,18,19,20). The van der Waals surface area contributed by atoms with Crippen LogP contribution in [0.3, 0.4) is 0 Å². The quantitative estimate of drug-likeness (QED) is 0.485. The third-order valence-corrected chi connectivity index (χ3v) is 4.46. The summed E-state index contributed by atoms with van der Waals surface area (Å²) in [6.45, 7) is 2.62. The van der Waals surface area contributed by atoms with Crippen LogP contribution < -0.4 is 10.0 Å². The Hall–Kier alpha value is -2.34. The lowest BCUT2D eigenvalue weighted by Gasteiger charge is -2.13. The maximum Gasteiger partial charge on any atom is 0.264 e. The van der Waals surface area contributed by atoms with Crippen molar-refractivity contribution in [3.8, 4) is 0 Å². The van der Waals surface area contributed by atoms with Crippen LogP contribution in [-0.4, -0.2) is 20.9 Å². The molecule has 0 heterocycles. The van der Waals surface area contributed by atoms with Gasteiger partial charge in [-0.05, 0) is 30.7 Å². The summed E-state index contributed by atoms with van der Waals surface area (Å²) in [6, 6.07) is 17.6. The fourth-order valence-corrected chi connectivity index (χ4v) is 2.89. The van der Waals surface area contributed by atoms with Gasteiger partial charge in [-0.3, -0.25) is 4.99 Å². The minimum atomic E-state index is -3.66. The second kappa shape index (κ2) is 8.33. The molecule has 0 spiro atoms. The number of para-hydroxylation sites is 1. The van der Waals surface area contributed by atoms with Crippen LogP contribution in [0.2, 0.25) is 0 Å². The first kappa shape index (κ1) is 17.0. The summed E-state index contributed by atoms with van der Waals surface area (Å²) in [4.78, 5) is 4.54. The summed E-state index contributed by atoms with van der Waals surface area (Å²) in [7, 11) is -3.66. The number of anilines is 1. The van der Waals surface area contributed by atoms with Crippen LogP contribution in [0.5, 0.6) is 0 Å². The molecule has 0 saturated heterocycles. The molecule has 0 aliphatic heterocycles. The van der Waals surface area contributed by atoms with E-state index in [0.717, 1.165) is 18.5 Å². The number of hydrogen-bond acceptors (Lipinski definition) is 3. The fourth-order valence-electron chi connectivity index (χ4n) is 1.89. The molecule has 0 unspecified atom stereocenters.